The summed E-state index contributed by atoms with van der Waals surface area (Å²) < 4.78 is 27.5. The molecule has 6 heteroatoms. The third-order valence-electron chi connectivity index (χ3n) is 3.38. The van der Waals surface area contributed by atoms with Gasteiger partial charge in [0.25, 0.3) is 0 Å². The predicted molar refractivity (Wildman–Crippen MR) is 86.7 cm³/mol. The van der Waals surface area contributed by atoms with Gasteiger partial charge in [-0.05, 0) is 16.8 Å². The minimum absolute atomic E-state index is 0.0358. The van der Waals surface area contributed by atoms with Crippen molar-refractivity contribution in [1.82, 2.24) is 5.32 Å². The summed E-state index contributed by atoms with van der Waals surface area (Å²) in [6.45, 7) is 0.299. The van der Waals surface area contributed by atoms with Gasteiger partial charge in [0.2, 0.25) is 5.91 Å². The third kappa shape index (κ3) is 4.21. The van der Waals surface area contributed by atoms with Gasteiger partial charge in [-0.15, -0.1) is 0 Å². The molecule has 1 amide bonds. The summed E-state index contributed by atoms with van der Waals surface area (Å²) in [7, 11) is -1.55. The van der Waals surface area contributed by atoms with E-state index >= 15 is 0 Å². The Kier molecular flexibility index (Phi) is 5.03. The van der Waals surface area contributed by atoms with Crippen LogP contribution in [-0.4, -0.2) is 33.4 Å². The number of carbonyl (C=O) groups excluding carboxylic acids is 1. The number of hydrogen-bond donors (Lipinski definition) is 1. The van der Waals surface area contributed by atoms with E-state index < -0.39 is 9.84 Å². The van der Waals surface area contributed by atoms with Crippen molar-refractivity contribution < 1.29 is 17.9 Å². The molecule has 0 bridgehead atoms. The lowest BCUT2D eigenvalue weighted by Gasteiger charge is -2.13. The molecule has 2 aromatic carbocycles. The highest BCUT2D eigenvalue weighted by molar-refractivity contribution is 7.90. The maximum atomic E-state index is 11.8. The fraction of sp³-hybridized carbons (Fsp3) is 0.312. The van der Waals surface area contributed by atoms with Crippen molar-refractivity contribution in [1.29, 1.82) is 0 Å². The highest BCUT2D eigenvalue weighted by Crippen LogP contribution is 2.27. The Morgan fingerprint density at radius 3 is 2.59 bits per heavy atom. The summed E-state index contributed by atoms with van der Waals surface area (Å²) in [6, 6.07) is 11.7. The standard InChI is InChI=1S/C16H19NO4S/c1-21-15-8-7-12-5-3-4-6-13(12)14(15)11-17-16(18)9-10-22(2,19)20/h3-8H,9-11H2,1-2H3,(H,17,18). The van der Waals surface area contributed by atoms with E-state index in [0.717, 1.165) is 22.6 Å². The average Bonchev–Trinajstić information content (AvgIpc) is 2.49. The second kappa shape index (κ2) is 6.79. The molecule has 118 valence electrons. The number of nitrogens with one attached hydrogen (secondary N) is 1. The van der Waals surface area contributed by atoms with Crippen LogP contribution < -0.4 is 10.1 Å². The summed E-state index contributed by atoms with van der Waals surface area (Å²) in [5.74, 6) is 0.258. The Hall–Kier alpha value is -2.08. The van der Waals surface area contributed by atoms with Gasteiger partial charge in [-0.2, -0.15) is 0 Å². The molecule has 0 spiro atoms. The maximum Gasteiger partial charge on any atom is 0.221 e. The Morgan fingerprint density at radius 2 is 1.91 bits per heavy atom. The van der Waals surface area contributed by atoms with Crippen LogP contribution in [0.25, 0.3) is 10.8 Å². The molecule has 0 heterocycles. The highest BCUT2D eigenvalue weighted by atomic mass is 32.2. The summed E-state index contributed by atoms with van der Waals surface area (Å²) in [6.07, 6.45) is 1.08. The van der Waals surface area contributed by atoms with Crippen molar-refractivity contribution in [2.75, 3.05) is 19.1 Å². The number of hydrogen-bond acceptors (Lipinski definition) is 4. The monoisotopic (exact) mass is 321 g/mol. The smallest absolute Gasteiger partial charge is 0.221 e. The van der Waals surface area contributed by atoms with E-state index in [9.17, 15) is 13.2 Å². The number of ether oxygens (including phenoxy) is 1. The molecule has 0 saturated carbocycles. The zero-order valence-electron chi connectivity index (χ0n) is 12.6. The number of carbonyl (C=O) groups is 1. The average molecular weight is 321 g/mol. The van der Waals surface area contributed by atoms with Crippen molar-refractivity contribution in [2.24, 2.45) is 0 Å². The molecule has 0 aromatic heterocycles. The normalized spacial score (nSPS) is 11.4. The Labute approximate surface area is 130 Å². The molecule has 0 aliphatic rings. The van der Waals surface area contributed by atoms with Gasteiger partial charge in [-0.25, -0.2) is 8.42 Å². The molecule has 0 atom stereocenters. The van der Waals surface area contributed by atoms with Crippen molar-refractivity contribution >= 4 is 26.5 Å². The number of fused-ring (bicyclic) bond motifs is 1. The summed E-state index contributed by atoms with van der Waals surface area (Å²) in [5, 5.41) is 4.82. The molecule has 0 radical (unpaired) electrons. The van der Waals surface area contributed by atoms with Crippen LogP contribution in [0.1, 0.15) is 12.0 Å². The number of amides is 1. The van der Waals surface area contributed by atoms with E-state index in [2.05, 4.69) is 5.32 Å². The van der Waals surface area contributed by atoms with E-state index in [1.54, 1.807) is 7.11 Å². The van der Waals surface area contributed by atoms with Gasteiger partial charge < -0.3 is 10.1 Å². The highest BCUT2D eigenvalue weighted by Gasteiger charge is 2.11. The van der Waals surface area contributed by atoms with Crippen LogP contribution in [0.5, 0.6) is 5.75 Å². The van der Waals surface area contributed by atoms with Gasteiger partial charge >= 0.3 is 0 Å². The van der Waals surface area contributed by atoms with Crippen LogP contribution in [0, 0.1) is 0 Å². The first-order valence-electron chi connectivity index (χ1n) is 6.90. The molecule has 0 aliphatic carbocycles. The molecule has 22 heavy (non-hydrogen) atoms. The van der Waals surface area contributed by atoms with Crippen LogP contribution in [0.3, 0.4) is 0 Å². The largest absolute Gasteiger partial charge is 0.496 e. The van der Waals surface area contributed by atoms with Gasteiger partial charge in [-0.1, -0.05) is 30.3 Å². The minimum Gasteiger partial charge on any atom is -0.496 e. The van der Waals surface area contributed by atoms with Gasteiger partial charge in [0.05, 0.1) is 12.9 Å². The first-order chi connectivity index (χ1) is 10.4. The zero-order valence-corrected chi connectivity index (χ0v) is 13.4. The van der Waals surface area contributed by atoms with Gasteiger partial charge in [-0.3, -0.25) is 4.79 Å². The lowest BCUT2D eigenvalue weighted by atomic mass is 10.0. The van der Waals surface area contributed by atoms with E-state index in [-0.39, 0.29) is 18.1 Å². The molecule has 0 saturated heterocycles. The number of sulfone groups is 1. The summed E-state index contributed by atoms with van der Waals surface area (Å²) in [5.41, 5.74) is 0.883. The lowest BCUT2D eigenvalue weighted by Crippen LogP contribution is -2.25. The Morgan fingerprint density at radius 1 is 1.18 bits per heavy atom. The molecule has 1 N–H and O–H groups in total. The van der Waals surface area contributed by atoms with E-state index in [4.69, 9.17) is 4.74 Å². The quantitative estimate of drug-likeness (QED) is 0.882. The molecule has 2 aromatic rings. The van der Waals surface area contributed by atoms with Crippen molar-refractivity contribution in [3.63, 3.8) is 0 Å². The summed E-state index contributed by atoms with van der Waals surface area (Å²) in [4.78, 5) is 11.8. The lowest BCUT2D eigenvalue weighted by molar-refractivity contribution is -0.120. The van der Waals surface area contributed by atoms with Crippen LogP contribution in [0.15, 0.2) is 36.4 Å². The molecule has 2 rings (SSSR count). The van der Waals surface area contributed by atoms with Crippen LogP contribution in [0.4, 0.5) is 0 Å². The van der Waals surface area contributed by atoms with E-state index in [0.29, 0.717) is 12.3 Å². The number of methoxy groups -OCH3 is 1. The van der Waals surface area contributed by atoms with Crippen LogP contribution in [0.2, 0.25) is 0 Å². The molecular formula is C16H19NO4S. The van der Waals surface area contributed by atoms with Crippen LogP contribution >= 0.6 is 0 Å². The second-order valence-corrected chi connectivity index (χ2v) is 7.38. The molecular weight excluding hydrogens is 302 g/mol. The molecule has 5 nitrogen and oxygen atoms in total. The van der Waals surface area contributed by atoms with Gasteiger partial charge in [0, 0.05) is 24.8 Å². The Bertz CT molecular complexity index is 784. The van der Waals surface area contributed by atoms with E-state index in [1.165, 1.54) is 0 Å². The van der Waals surface area contributed by atoms with Crippen LogP contribution in [-0.2, 0) is 21.2 Å². The Balaban J connectivity index is 2.15. The molecule has 0 aliphatic heterocycles. The minimum atomic E-state index is -3.14. The van der Waals surface area contributed by atoms with E-state index in [1.807, 2.05) is 36.4 Å². The SMILES string of the molecule is COc1ccc2ccccc2c1CNC(=O)CCS(C)(=O)=O. The third-order valence-corrected chi connectivity index (χ3v) is 4.33. The molecule has 0 fully saturated rings. The second-order valence-electron chi connectivity index (χ2n) is 5.12. The molecule has 0 unspecified atom stereocenters. The first-order valence-corrected chi connectivity index (χ1v) is 8.96. The van der Waals surface area contributed by atoms with Crippen molar-refractivity contribution in [3.05, 3.63) is 42.0 Å². The number of benzene rings is 2. The van der Waals surface area contributed by atoms with Gasteiger partial charge in [0.1, 0.15) is 15.6 Å². The fourth-order valence-electron chi connectivity index (χ4n) is 2.24. The number of rotatable bonds is 6. The van der Waals surface area contributed by atoms with Gasteiger partial charge in [0.15, 0.2) is 0 Å². The zero-order chi connectivity index (χ0) is 16.2. The van der Waals surface area contributed by atoms with Crippen molar-refractivity contribution in [2.45, 2.75) is 13.0 Å². The predicted octanol–water partition coefficient (Wildman–Crippen LogP) is 1.90. The first kappa shape index (κ1) is 16.3. The fourth-order valence-corrected chi connectivity index (χ4v) is 2.80. The van der Waals surface area contributed by atoms with Crippen molar-refractivity contribution in [3.8, 4) is 5.75 Å². The topological polar surface area (TPSA) is 72.5 Å². The summed E-state index contributed by atoms with van der Waals surface area (Å²) >= 11 is 0. The maximum absolute atomic E-state index is 11.8.